The SMILES string of the molecule is COc1cc(/C=C/C(=O)O[C@@H](C)C(=O)NC(=O)NC2CCCCC2)cc(OC)c1. The molecule has 1 fully saturated rings. The van der Waals surface area contributed by atoms with Gasteiger partial charge in [0.1, 0.15) is 11.5 Å². The van der Waals surface area contributed by atoms with Gasteiger partial charge in [-0.2, -0.15) is 0 Å². The Balaban J connectivity index is 1.83. The highest BCUT2D eigenvalue weighted by Gasteiger charge is 2.21. The molecular weight excluding hydrogens is 376 g/mol. The van der Waals surface area contributed by atoms with Crippen molar-refractivity contribution in [2.24, 2.45) is 0 Å². The minimum Gasteiger partial charge on any atom is -0.497 e. The van der Waals surface area contributed by atoms with Gasteiger partial charge in [-0.3, -0.25) is 10.1 Å². The Morgan fingerprint density at radius 2 is 1.66 bits per heavy atom. The molecule has 1 aliphatic rings. The van der Waals surface area contributed by atoms with E-state index in [1.807, 2.05) is 0 Å². The molecule has 8 nitrogen and oxygen atoms in total. The third-order valence-electron chi connectivity index (χ3n) is 4.62. The van der Waals surface area contributed by atoms with E-state index in [0.717, 1.165) is 25.7 Å². The molecule has 0 aliphatic heterocycles. The van der Waals surface area contributed by atoms with Crippen LogP contribution in [0.15, 0.2) is 24.3 Å². The average molecular weight is 404 g/mol. The van der Waals surface area contributed by atoms with Crippen LogP contribution in [0.25, 0.3) is 6.08 Å². The number of ether oxygens (including phenoxy) is 3. The van der Waals surface area contributed by atoms with Crippen molar-refractivity contribution < 1.29 is 28.6 Å². The summed E-state index contributed by atoms with van der Waals surface area (Å²) in [4.78, 5) is 36.0. The largest absolute Gasteiger partial charge is 0.497 e. The summed E-state index contributed by atoms with van der Waals surface area (Å²) < 4.78 is 15.4. The van der Waals surface area contributed by atoms with Crippen molar-refractivity contribution >= 4 is 24.0 Å². The van der Waals surface area contributed by atoms with Gasteiger partial charge in [0.2, 0.25) is 0 Å². The van der Waals surface area contributed by atoms with Gasteiger partial charge in [0.05, 0.1) is 14.2 Å². The zero-order chi connectivity index (χ0) is 21.2. The Morgan fingerprint density at radius 3 is 2.24 bits per heavy atom. The number of hydrogen-bond acceptors (Lipinski definition) is 6. The van der Waals surface area contributed by atoms with E-state index < -0.39 is 24.0 Å². The van der Waals surface area contributed by atoms with E-state index in [0.29, 0.717) is 17.1 Å². The van der Waals surface area contributed by atoms with Crippen LogP contribution < -0.4 is 20.1 Å². The summed E-state index contributed by atoms with van der Waals surface area (Å²) in [7, 11) is 3.06. The Morgan fingerprint density at radius 1 is 1.03 bits per heavy atom. The van der Waals surface area contributed by atoms with Gasteiger partial charge in [-0.05, 0) is 43.5 Å². The fourth-order valence-corrected chi connectivity index (χ4v) is 3.04. The number of methoxy groups -OCH3 is 2. The summed E-state index contributed by atoms with van der Waals surface area (Å²) in [6, 6.07) is 4.66. The number of hydrogen-bond donors (Lipinski definition) is 2. The maximum absolute atomic E-state index is 12.1. The number of urea groups is 1. The van der Waals surface area contributed by atoms with Gasteiger partial charge in [0.25, 0.3) is 5.91 Å². The van der Waals surface area contributed by atoms with Crippen LogP contribution in [0, 0.1) is 0 Å². The van der Waals surface area contributed by atoms with Crippen molar-refractivity contribution in [3.05, 3.63) is 29.8 Å². The molecule has 1 saturated carbocycles. The summed E-state index contributed by atoms with van der Waals surface area (Å²) >= 11 is 0. The highest BCUT2D eigenvalue weighted by molar-refractivity contribution is 5.98. The lowest BCUT2D eigenvalue weighted by Crippen LogP contribution is -2.48. The van der Waals surface area contributed by atoms with Crippen LogP contribution >= 0.6 is 0 Å². The Hall–Kier alpha value is -3.03. The van der Waals surface area contributed by atoms with Crippen molar-refractivity contribution in [2.75, 3.05) is 14.2 Å². The first-order valence-corrected chi connectivity index (χ1v) is 9.64. The molecule has 0 bridgehead atoms. The first-order valence-electron chi connectivity index (χ1n) is 9.64. The Kier molecular flexibility index (Phi) is 8.51. The summed E-state index contributed by atoms with van der Waals surface area (Å²) in [5.74, 6) is -0.228. The molecule has 8 heteroatoms. The van der Waals surface area contributed by atoms with E-state index in [4.69, 9.17) is 14.2 Å². The monoisotopic (exact) mass is 404 g/mol. The third-order valence-corrected chi connectivity index (χ3v) is 4.62. The molecule has 1 aromatic carbocycles. The fourth-order valence-electron chi connectivity index (χ4n) is 3.04. The maximum Gasteiger partial charge on any atom is 0.331 e. The summed E-state index contributed by atoms with van der Waals surface area (Å²) in [6.45, 7) is 1.41. The number of imide groups is 1. The van der Waals surface area contributed by atoms with Crippen molar-refractivity contribution in [1.82, 2.24) is 10.6 Å². The number of amides is 3. The van der Waals surface area contributed by atoms with Crippen molar-refractivity contribution in [2.45, 2.75) is 51.2 Å². The highest BCUT2D eigenvalue weighted by Crippen LogP contribution is 2.23. The van der Waals surface area contributed by atoms with Crippen molar-refractivity contribution in [3.8, 4) is 11.5 Å². The summed E-state index contributed by atoms with van der Waals surface area (Å²) in [5, 5.41) is 4.99. The predicted octanol–water partition coefficient (Wildman–Crippen LogP) is 2.81. The van der Waals surface area contributed by atoms with E-state index in [9.17, 15) is 14.4 Å². The van der Waals surface area contributed by atoms with Crippen LogP contribution in [0.5, 0.6) is 11.5 Å². The van der Waals surface area contributed by atoms with Gasteiger partial charge in [0, 0.05) is 18.2 Å². The number of benzene rings is 1. The number of esters is 1. The number of carbonyl (C=O) groups excluding carboxylic acids is 3. The Labute approximate surface area is 170 Å². The first-order chi connectivity index (χ1) is 13.9. The lowest BCUT2D eigenvalue weighted by atomic mass is 9.96. The second-order valence-corrected chi connectivity index (χ2v) is 6.86. The molecule has 0 saturated heterocycles. The topological polar surface area (TPSA) is 103 Å². The zero-order valence-electron chi connectivity index (χ0n) is 17.0. The number of carbonyl (C=O) groups is 3. The van der Waals surface area contributed by atoms with Crippen LogP contribution in [0.3, 0.4) is 0 Å². The maximum atomic E-state index is 12.1. The minimum atomic E-state index is -1.11. The molecule has 0 radical (unpaired) electrons. The predicted molar refractivity (Wildman–Crippen MR) is 108 cm³/mol. The second kappa shape index (κ2) is 11.1. The third kappa shape index (κ3) is 7.48. The molecule has 158 valence electrons. The molecule has 1 atom stereocenters. The lowest BCUT2D eigenvalue weighted by molar-refractivity contribution is -0.149. The van der Waals surface area contributed by atoms with Gasteiger partial charge in [-0.1, -0.05) is 19.3 Å². The zero-order valence-corrected chi connectivity index (χ0v) is 17.0. The lowest BCUT2D eigenvalue weighted by Gasteiger charge is -2.23. The van der Waals surface area contributed by atoms with E-state index in [1.54, 1.807) is 18.2 Å². The molecule has 0 aromatic heterocycles. The molecule has 2 rings (SSSR count). The summed E-state index contributed by atoms with van der Waals surface area (Å²) in [5.41, 5.74) is 0.669. The van der Waals surface area contributed by atoms with Crippen LogP contribution in [0.2, 0.25) is 0 Å². The standard InChI is InChI=1S/C21H28N2O6/c1-14(20(25)23-21(26)22-16-7-5-4-6-8-16)29-19(24)10-9-15-11-17(27-2)13-18(12-15)28-3/h9-14,16H,4-8H2,1-3H3,(H2,22,23,25,26)/b10-9+/t14-/m0/s1. The van der Waals surface area contributed by atoms with Crippen LogP contribution in [0.1, 0.15) is 44.6 Å². The normalized spacial score (nSPS) is 15.4. The minimum absolute atomic E-state index is 0.0807. The van der Waals surface area contributed by atoms with E-state index >= 15 is 0 Å². The second-order valence-electron chi connectivity index (χ2n) is 6.86. The number of nitrogens with one attached hydrogen (secondary N) is 2. The van der Waals surface area contributed by atoms with E-state index in [1.165, 1.54) is 39.7 Å². The van der Waals surface area contributed by atoms with E-state index in [-0.39, 0.29) is 6.04 Å². The van der Waals surface area contributed by atoms with Crippen LogP contribution in [-0.2, 0) is 14.3 Å². The Bertz CT molecular complexity index is 733. The molecular formula is C21H28N2O6. The first kappa shape index (κ1) is 22.3. The molecule has 3 amide bonds. The van der Waals surface area contributed by atoms with Gasteiger partial charge < -0.3 is 19.5 Å². The highest BCUT2D eigenvalue weighted by atomic mass is 16.5. The fraction of sp³-hybridized carbons (Fsp3) is 0.476. The van der Waals surface area contributed by atoms with Gasteiger partial charge in [0.15, 0.2) is 6.10 Å². The van der Waals surface area contributed by atoms with Gasteiger partial charge in [-0.25, -0.2) is 9.59 Å². The van der Waals surface area contributed by atoms with Crippen molar-refractivity contribution in [1.29, 1.82) is 0 Å². The average Bonchev–Trinajstić information content (AvgIpc) is 2.72. The molecule has 0 heterocycles. The van der Waals surface area contributed by atoms with Gasteiger partial charge in [-0.15, -0.1) is 0 Å². The summed E-state index contributed by atoms with van der Waals surface area (Å²) in [6.07, 6.45) is 6.73. The van der Waals surface area contributed by atoms with Crippen molar-refractivity contribution in [3.63, 3.8) is 0 Å². The smallest absolute Gasteiger partial charge is 0.331 e. The molecule has 1 aliphatic carbocycles. The quantitative estimate of drug-likeness (QED) is 0.535. The molecule has 1 aromatic rings. The molecule has 2 N–H and O–H groups in total. The van der Waals surface area contributed by atoms with E-state index in [2.05, 4.69) is 10.6 Å². The molecule has 0 unspecified atom stereocenters. The number of rotatable bonds is 7. The van der Waals surface area contributed by atoms with Crippen LogP contribution in [0.4, 0.5) is 4.79 Å². The molecule has 29 heavy (non-hydrogen) atoms. The molecule has 0 spiro atoms. The van der Waals surface area contributed by atoms with Gasteiger partial charge >= 0.3 is 12.0 Å². The van der Waals surface area contributed by atoms with Crippen LogP contribution in [-0.4, -0.2) is 44.3 Å².